The van der Waals surface area contributed by atoms with E-state index in [1.54, 1.807) is 12.1 Å². The van der Waals surface area contributed by atoms with E-state index in [0.29, 0.717) is 24.7 Å². The SMILES string of the molecule is CCOc1ccc(Cc2cc(C3CCNCC3)n(CC)n2)cc1F. The number of nitrogens with zero attached hydrogens (tertiary/aromatic N) is 2. The number of aromatic nitrogens is 2. The fourth-order valence-corrected chi connectivity index (χ4v) is 3.41. The summed E-state index contributed by atoms with van der Waals surface area (Å²) >= 11 is 0. The molecule has 1 fully saturated rings. The zero-order chi connectivity index (χ0) is 16.9. The van der Waals surface area contributed by atoms with Crippen LogP contribution in [0.15, 0.2) is 24.3 Å². The molecular weight excluding hydrogens is 305 g/mol. The second kappa shape index (κ2) is 7.79. The van der Waals surface area contributed by atoms with Gasteiger partial charge in [0, 0.05) is 24.6 Å². The Balaban J connectivity index is 1.77. The molecule has 0 unspecified atom stereocenters. The first-order chi connectivity index (χ1) is 11.7. The van der Waals surface area contributed by atoms with Crippen molar-refractivity contribution in [1.29, 1.82) is 0 Å². The van der Waals surface area contributed by atoms with Crippen LogP contribution in [0.4, 0.5) is 4.39 Å². The first-order valence-corrected chi connectivity index (χ1v) is 8.89. The lowest BCUT2D eigenvalue weighted by atomic mass is 9.94. The normalized spacial score (nSPS) is 15.6. The Labute approximate surface area is 143 Å². The van der Waals surface area contributed by atoms with Crippen molar-refractivity contribution in [3.05, 3.63) is 47.0 Å². The molecule has 2 heterocycles. The molecule has 130 valence electrons. The Hall–Kier alpha value is -1.88. The van der Waals surface area contributed by atoms with E-state index in [4.69, 9.17) is 9.84 Å². The molecule has 1 saturated heterocycles. The molecule has 1 aliphatic rings. The molecule has 24 heavy (non-hydrogen) atoms. The maximum absolute atomic E-state index is 14.0. The second-order valence-corrected chi connectivity index (χ2v) is 6.28. The van der Waals surface area contributed by atoms with Gasteiger partial charge in [0.2, 0.25) is 0 Å². The van der Waals surface area contributed by atoms with E-state index in [1.807, 2.05) is 13.0 Å². The molecule has 0 amide bonds. The first-order valence-electron chi connectivity index (χ1n) is 8.89. The third-order valence-electron chi connectivity index (χ3n) is 4.60. The van der Waals surface area contributed by atoms with Crippen molar-refractivity contribution >= 4 is 0 Å². The van der Waals surface area contributed by atoms with E-state index in [9.17, 15) is 4.39 Å². The van der Waals surface area contributed by atoms with Gasteiger partial charge in [-0.1, -0.05) is 6.07 Å². The summed E-state index contributed by atoms with van der Waals surface area (Å²) in [5.41, 5.74) is 3.25. The zero-order valence-electron chi connectivity index (χ0n) is 14.5. The summed E-state index contributed by atoms with van der Waals surface area (Å²) in [5.74, 6) is 0.586. The van der Waals surface area contributed by atoms with Crippen LogP contribution in [0.3, 0.4) is 0 Å². The van der Waals surface area contributed by atoms with Gasteiger partial charge in [0.05, 0.1) is 12.3 Å². The predicted molar refractivity (Wildman–Crippen MR) is 93.1 cm³/mol. The highest BCUT2D eigenvalue weighted by atomic mass is 19.1. The van der Waals surface area contributed by atoms with Crippen molar-refractivity contribution in [3.8, 4) is 5.75 Å². The predicted octanol–water partition coefficient (Wildman–Crippen LogP) is 3.50. The minimum absolute atomic E-state index is 0.303. The van der Waals surface area contributed by atoms with Crippen molar-refractivity contribution in [1.82, 2.24) is 15.1 Å². The molecular formula is C19H26FN3O. The quantitative estimate of drug-likeness (QED) is 0.880. The Morgan fingerprint density at radius 2 is 2.04 bits per heavy atom. The smallest absolute Gasteiger partial charge is 0.165 e. The molecule has 0 radical (unpaired) electrons. The van der Waals surface area contributed by atoms with E-state index in [-0.39, 0.29) is 5.82 Å². The lowest BCUT2D eigenvalue weighted by Crippen LogP contribution is -2.27. The van der Waals surface area contributed by atoms with Crippen LogP contribution in [0.25, 0.3) is 0 Å². The molecule has 1 aromatic carbocycles. The van der Waals surface area contributed by atoms with Gasteiger partial charge in [0.15, 0.2) is 11.6 Å². The zero-order valence-corrected chi connectivity index (χ0v) is 14.5. The van der Waals surface area contributed by atoms with Gasteiger partial charge in [-0.05, 0) is 63.5 Å². The number of halogens is 1. The maximum atomic E-state index is 14.0. The van der Waals surface area contributed by atoms with Gasteiger partial charge in [-0.25, -0.2) is 4.39 Å². The number of hydrogen-bond acceptors (Lipinski definition) is 3. The van der Waals surface area contributed by atoms with Gasteiger partial charge >= 0.3 is 0 Å². The lowest BCUT2D eigenvalue weighted by Gasteiger charge is -2.23. The third kappa shape index (κ3) is 3.78. The summed E-state index contributed by atoms with van der Waals surface area (Å²) in [4.78, 5) is 0. The molecule has 0 atom stereocenters. The summed E-state index contributed by atoms with van der Waals surface area (Å²) in [6.07, 6.45) is 2.96. The average molecular weight is 331 g/mol. The van der Waals surface area contributed by atoms with Crippen LogP contribution in [-0.4, -0.2) is 29.5 Å². The molecule has 0 spiro atoms. The molecule has 0 aliphatic carbocycles. The lowest BCUT2D eigenvalue weighted by molar-refractivity contribution is 0.321. The van der Waals surface area contributed by atoms with Crippen LogP contribution in [0, 0.1) is 5.82 Å². The van der Waals surface area contributed by atoms with Gasteiger partial charge in [0.1, 0.15) is 0 Å². The Kier molecular flexibility index (Phi) is 5.51. The number of ether oxygens (including phenoxy) is 1. The first kappa shape index (κ1) is 17.0. The highest BCUT2D eigenvalue weighted by molar-refractivity contribution is 5.32. The largest absolute Gasteiger partial charge is 0.491 e. The minimum atomic E-state index is -0.303. The molecule has 0 bridgehead atoms. The molecule has 2 aromatic rings. The van der Waals surface area contributed by atoms with E-state index in [2.05, 4.69) is 23.0 Å². The molecule has 1 aromatic heterocycles. The van der Waals surface area contributed by atoms with Gasteiger partial charge < -0.3 is 10.1 Å². The van der Waals surface area contributed by atoms with Crippen LogP contribution in [-0.2, 0) is 13.0 Å². The van der Waals surface area contributed by atoms with Gasteiger partial charge in [-0.3, -0.25) is 4.68 Å². The minimum Gasteiger partial charge on any atom is -0.491 e. The van der Waals surface area contributed by atoms with Gasteiger partial charge in [-0.15, -0.1) is 0 Å². The average Bonchev–Trinajstić information content (AvgIpc) is 3.01. The summed E-state index contributed by atoms with van der Waals surface area (Å²) in [5, 5.41) is 8.14. The van der Waals surface area contributed by atoms with Crippen molar-refractivity contribution in [3.63, 3.8) is 0 Å². The van der Waals surface area contributed by atoms with Crippen molar-refractivity contribution in [2.45, 2.75) is 45.6 Å². The van der Waals surface area contributed by atoms with Crippen LogP contribution in [0.2, 0.25) is 0 Å². The van der Waals surface area contributed by atoms with Crippen molar-refractivity contribution in [2.24, 2.45) is 0 Å². The molecule has 1 N–H and O–H groups in total. The molecule has 4 nitrogen and oxygen atoms in total. The summed E-state index contributed by atoms with van der Waals surface area (Å²) in [7, 11) is 0. The van der Waals surface area contributed by atoms with Crippen molar-refractivity contribution < 1.29 is 9.13 Å². The number of aryl methyl sites for hydroxylation is 1. The van der Waals surface area contributed by atoms with Gasteiger partial charge in [0.25, 0.3) is 0 Å². The summed E-state index contributed by atoms with van der Waals surface area (Å²) < 4.78 is 21.4. The van der Waals surface area contributed by atoms with E-state index < -0.39 is 0 Å². The maximum Gasteiger partial charge on any atom is 0.165 e. The Bertz CT molecular complexity index is 677. The van der Waals surface area contributed by atoms with Crippen LogP contribution >= 0.6 is 0 Å². The van der Waals surface area contributed by atoms with Gasteiger partial charge in [-0.2, -0.15) is 5.10 Å². The number of nitrogens with one attached hydrogen (secondary N) is 1. The topological polar surface area (TPSA) is 39.1 Å². The highest BCUT2D eigenvalue weighted by Crippen LogP contribution is 2.27. The standard InChI is InChI=1S/C19H26FN3O/c1-3-23-18(15-7-9-21-10-8-15)13-16(22-23)11-14-5-6-19(24-4-2)17(20)12-14/h5-6,12-13,15,21H,3-4,7-11H2,1-2H3. The number of piperidine rings is 1. The van der Waals surface area contributed by atoms with E-state index in [1.165, 1.54) is 5.69 Å². The fourth-order valence-electron chi connectivity index (χ4n) is 3.41. The molecule has 1 aliphatic heterocycles. The fraction of sp³-hybridized carbons (Fsp3) is 0.526. The summed E-state index contributed by atoms with van der Waals surface area (Å²) in [6.45, 7) is 7.45. The number of rotatable bonds is 6. The van der Waals surface area contributed by atoms with E-state index >= 15 is 0 Å². The highest BCUT2D eigenvalue weighted by Gasteiger charge is 2.20. The van der Waals surface area contributed by atoms with Crippen LogP contribution in [0.5, 0.6) is 5.75 Å². The summed E-state index contributed by atoms with van der Waals surface area (Å²) in [6, 6.07) is 7.38. The molecule has 5 heteroatoms. The number of hydrogen-bond donors (Lipinski definition) is 1. The second-order valence-electron chi connectivity index (χ2n) is 6.28. The number of benzene rings is 1. The van der Waals surface area contributed by atoms with E-state index in [0.717, 1.165) is 43.7 Å². The van der Waals surface area contributed by atoms with Crippen LogP contribution in [0.1, 0.15) is 49.6 Å². The Morgan fingerprint density at radius 1 is 1.25 bits per heavy atom. The third-order valence-corrected chi connectivity index (χ3v) is 4.60. The van der Waals surface area contributed by atoms with Crippen LogP contribution < -0.4 is 10.1 Å². The van der Waals surface area contributed by atoms with Crippen molar-refractivity contribution in [2.75, 3.05) is 19.7 Å². The Morgan fingerprint density at radius 3 is 2.71 bits per heavy atom. The molecule has 3 rings (SSSR count). The molecule has 0 saturated carbocycles. The monoisotopic (exact) mass is 331 g/mol.